The van der Waals surface area contributed by atoms with Crippen LogP contribution in [0, 0.1) is 0 Å². The zero-order valence-electron chi connectivity index (χ0n) is 15.3. The summed E-state index contributed by atoms with van der Waals surface area (Å²) in [6, 6.07) is 8.91. The smallest absolute Gasteiger partial charge is 0.0361 e. The lowest BCUT2D eigenvalue weighted by molar-refractivity contribution is 0.316. The molecule has 0 atom stereocenters. The topological polar surface area (TPSA) is 6.48 Å². The molecule has 0 radical (unpaired) electrons. The van der Waals surface area contributed by atoms with Crippen molar-refractivity contribution in [1.82, 2.24) is 4.90 Å². The second-order valence-corrected chi connectivity index (χ2v) is 6.77. The van der Waals surface area contributed by atoms with Gasteiger partial charge in [0.1, 0.15) is 0 Å². The Morgan fingerprint density at radius 2 is 1.27 bits per heavy atom. The molecular weight excluding hydrogens is 268 g/mol. The zero-order valence-corrected chi connectivity index (χ0v) is 15.3. The summed E-state index contributed by atoms with van der Waals surface area (Å²) in [4.78, 5) is 4.59. The molecule has 0 bridgehead atoms. The Bertz CT molecular complexity index is 370. The van der Waals surface area contributed by atoms with Crippen molar-refractivity contribution in [3.05, 3.63) is 29.8 Å². The van der Waals surface area contributed by atoms with Crippen molar-refractivity contribution >= 4 is 5.69 Å². The van der Waals surface area contributed by atoms with Gasteiger partial charge in [0.25, 0.3) is 0 Å². The van der Waals surface area contributed by atoms with Crippen LogP contribution >= 0.6 is 0 Å². The maximum absolute atomic E-state index is 2.45. The molecule has 1 aromatic carbocycles. The fraction of sp³-hybridized carbons (Fsp3) is 0.700. The molecule has 0 N–H and O–H groups in total. The van der Waals surface area contributed by atoms with Gasteiger partial charge in [0, 0.05) is 26.3 Å². The number of hydrogen-bond donors (Lipinski definition) is 0. The molecule has 126 valence electrons. The molecule has 0 spiro atoms. The highest BCUT2D eigenvalue weighted by molar-refractivity contribution is 5.45. The van der Waals surface area contributed by atoms with Crippen LogP contribution in [0.25, 0.3) is 0 Å². The summed E-state index contributed by atoms with van der Waals surface area (Å²) in [5, 5.41) is 0. The summed E-state index contributed by atoms with van der Waals surface area (Å²) in [7, 11) is 6.41. The number of rotatable bonds is 12. The van der Waals surface area contributed by atoms with Crippen molar-refractivity contribution in [2.45, 2.75) is 64.8 Å². The van der Waals surface area contributed by atoms with E-state index < -0.39 is 0 Å². The van der Waals surface area contributed by atoms with E-state index in [1.807, 2.05) is 0 Å². The van der Waals surface area contributed by atoms with E-state index in [2.05, 4.69) is 62.1 Å². The quantitative estimate of drug-likeness (QED) is 0.482. The van der Waals surface area contributed by atoms with Crippen LogP contribution < -0.4 is 4.90 Å². The molecule has 0 amide bonds. The molecule has 0 aliphatic rings. The summed E-state index contributed by atoms with van der Waals surface area (Å²) in [6.45, 7) is 4.55. The van der Waals surface area contributed by atoms with E-state index in [0.717, 1.165) is 6.54 Å². The molecule has 0 saturated carbocycles. The van der Waals surface area contributed by atoms with E-state index >= 15 is 0 Å². The average molecular weight is 305 g/mol. The van der Waals surface area contributed by atoms with Crippen molar-refractivity contribution in [3.63, 3.8) is 0 Å². The largest absolute Gasteiger partial charge is 0.378 e. The van der Waals surface area contributed by atoms with Gasteiger partial charge in [0.2, 0.25) is 0 Å². The van der Waals surface area contributed by atoms with Gasteiger partial charge in [-0.05, 0) is 37.7 Å². The van der Waals surface area contributed by atoms with Crippen molar-refractivity contribution in [2.24, 2.45) is 0 Å². The summed E-state index contributed by atoms with van der Waals surface area (Å²) in [5.74, 6) is 0. The van der Waals surface area contributed by atoms with Gasteiger partial charge in [0.05, 0.1) is 0 Å². The maximum atomic E-state index is 2.45. The van der Waals surface area contributed by atoms with Gasteiger partial charge in [0.15, 0.2) is 0 Å². The lowest BCUT2D eigenvalue weighted by Gasteiger charge is -2.18. The molecule has 1 aromatic rings. The Morgan fingerprint density at radius 3 is 1.82 bits per heavy atom. The second kappa shape index (κ2) is 11.5. The van der Waals surface area contributed by atoms with Crippen molar-refractivity contribution in [1.29, 1.82) is 0 Å². The predicted molar refractivity (Wildman–Crippen MR) is 99.7 cm³/mol. The van der Waals surface area contributed by atoms with Crippen molar-refractivity contribution < 1.29 is 0 Å². The maximum Gasteiger partial charge on any atom is 0.0361 e. The number of benzene rings is 1. The summed E-state index contributed by atoms with van der Waals surface area (Å²) in [6.07, 6.45) is 11.2. The summed E-state index contributed by atoms with van der Waals surface area (Å²) in [5.41, 5.74) is 2.68. The first-order valence-electron chi connectivity index (χ1n) is 9.08. The van der Waals surface area contributed by atoms with Gasteiger partial charge in [-0.2, -0.15) is 0 Å². The Hall–Kier alpha value is -1.02. The first-order chi connectivity index (χ1) is 10.6. The lowest BCUT2D eigenvalue weighted by atomic mass is 10.1. The van der Waals surface area contributed by atoms with E-state index in [9.17, 15) is 0 Å². The molecule has 0 saturated heterocycles. The van der Waals surface area contributed by atoms with Gasteiger partial charge in [-0.1, -0.05) is 64.0 Å². The van der Waals surface area contributed by atoms with Gasteiger partial charge in [-0.3, -0.25) is 0 Å². The van der Waals surface area contributed by atoms with E-state index in [0.29, 0.717) is 0 Å². The average Bonchev–Trinajstić information content (AvgIpc) is 2.50. The highest BCUT2D eigenvalue weighted by Crippen LogP contribution is 2.14. The van der Waals surface area contributed by atoms with Gasteiger partial charge < -0.3 is 9.80 Å². The third kappa shape index (κ3) is 8.43. The van der Waals surface area contributed by atoms with Crippen molar-refractivity contribution in [3.8, 4) is 0 Å². The molecule has 0 aliphatic carbocycles. The molecule has 0 aliphatic heterocycles. The molecule has 2 nitrogen and oxygen atoms in total. The van der Waals surface area contributed by atoms with E-state index in [1.165, 1.54) is 69.2 Å². The van der Waals surface area contributed by atoms with Crippen LogP contribution in [-0.4, -0.2) is 32.6 Å². The van der Waals surface area contributed by atoms with Crippen LogP contribution in [-0.2, 0) is 6.54 Å². The molecule has 22 heavy (non-hydrogen) atoms. The standard InChI is InChI=1S/C20H36N2/c1-5-6-7-8-9-10-11-12-17-22(4)18-19-13-15-20(16-14-19)21(2)3/h13-16H,5-12,17-18H2,1-4H3. The third-order valence-corrected chi connectivity index (χ3v) is 4.30. The van der Waals surface area contributed by atoms with Crippen LogP contribution in [0.1, 0.15) is 63.9 Å². The fourth-order valence-corrected chi connectivity index (χ4v) is 2.81. The minimum Gasteiger partial charge on any atom is -0.378 e. The van der Waals surface area contributed by atoms with Gasteiger partial charge >= 0.3 is 0 Å². The summed E-state index contributed by atoms with van der Waals surface area (Å²) < 4.78 is 0. The third-order valence-electron chi connectivity index (χ3n) is 4.30. The van der Waals surface area contributed by atoms with E-state index in [-0.39, 0.29) is 0 Å². The number of anilines is 1. The first-order valence-corrected chi connectivity index (χ1v) is 9.08. The highest BCUT2D eigenvalue weighted by Gasteiger charge is 2.01. The van der Waals surface area contributed by atoms with Crippen molar-refractivity contribution in [2.75, 3.05) is 32.6 Å². The zero-order chi connectivity index (χ0) is 16.2. The Morgan fingerprint density at radius 1 is 0.727 bits per heavy atom. The number of unbranched alkanes of at least 4 members (excludes halogenated alkanes) is 7. The molecular formula is C20H36N2. The van der Waals surface area contributed by atoms with E-state index in [1.54, 1.807) is 0 Å². The highest BCUT2D eigenvalue weighted by atomic mass is 15.1. The predicted octanol–water partition coefficient (Wildman–Crippen LogP) is 5.33. The van der Waals surface area contributed by atoms with Gasteiger partial charge in [-0.25, -0.2) is 0 Å². The normalized spacial score (nSPS) is 11.1. The molecule has 0 aromatic heterocycles. The number of nitrogens with zero attached hydrogens (tertiary/aromatic N) is 2. The second-order valence-electron chi connectivity index (χ2n) is 6.77. The van der Waals surface area contributed by atoms with Crippen LogP contribution in [0.2, 0.25) is 0 Å². The monoisotopic (exact) mass is 304 g/mol. The SMILES string of the molecule is CCCCCCCCCCN(C)Cc1ccc(N(C)C)cc1. The fourth-order valence-electron chi connectivity index (χ4n) is 2.81. The van der Waals surface area contributed by atoms with Crippen LogP contribution in [0.15, 0.2) is 24.3 Å². The van der Waals surface area contributed by atoms with Crippen LogP contribution in [0.3, 0.4) is 0 Å². The Labute approximate surface area is 138 Å². The first kappa shape index (κ1) is 19.0. The minimum atomic E-state index is 1.06. The van der Waals surface area contributed by atoms with Crippen LogP contribution in [0.4, 0.5) is 5.69 Å². The molecule has 0 fully saturated rings. The summed E-state index contributed by atoms with van der Waals surface area (Å²) >= 11 is 0. The van der Waals surface area contributed by atoms with Crippen LogP contribution in [0.5, 0.6) is 0 Å². The Kier molecular flexibility index (Phi) is 9.98. The lowest BCUT2D eigenvalue weighted by Crippen LogP contribution is -2.19. The minimum absolute atomic E-state index is 1.06. The molecule has 0 heterocycles. The molecule has 1 rings (SSSR count). The van der Waals surface area contributed by atoms with E-state index in [4.69, 9.17) is 0 Å². The molecule has 2 heteroatoms. The Balaban J connectivity index is 2.09. The molecule has 0 unspecified atom stereocenters. The van der Waals surface area contributed by atoms with Gasteiger partial charge in [-0.15, -0.1) is 0 Å². The number of hydrogen-bond acceptors (Lipinski definition) is 2.